The van der Waals surface area contributed by atoms with Crippen molar-refractivity contribution in [3.05, 3.63) is 47.5 Å². The predicted octanol–water partition coefficient (Wildman–Crippen LogP) is 1.67. The Bertz CT molecular complexity index is 649. The topological polar surface area (TPSA) is 84.2 Å². The van der Waals surface area contributed by atoms with Gasteiger partial charge in [0.15, 0.2) is 0 Å². The fourth-order valence-corrected chi connectivity index (χ4v) is 1.69. The molecule has 7 heteroatoms. The van der Waals surface area contributed by atoms with E-state index in [2.05, 4.69) is 10.4 Å². The second-order valence-corrected chi connectivity index (χ2v) is 4.19. The fourth-order valence-electron chi connectivity index (χ4n) is 1.69. The van der Waals surface area contributed by atoms with E-state index in [0.717, 1.165) is 0 Å². The Hall–Kier alpha value is -2.70. The smallest absolute Gasteiger partial charge is 0.339 e. The quantitative estimate of drug-likeness (QED) is 0.890. The molecule has 0 aliphatic heterocycles. The standard InChI is InChI=1S/C13H12FN3O3/c1-8-11(13(19)20)6-17(16-8)7-12(18)15-10-4-2-9(14)3-5-10/h2-6H,7H2,1H3,(H,15,18)(H,19,20). The number of halogens is 1. The molecule has 0 unspecified atom stereocenters. The Kier molecular flexibility index (Phi) is 3.79. The van der Waals surface area contributed by atoms with Crippen molar-refractivity contribution in [2.24, 2.45) is 0 Å². The largest absolute Gasteiger partial charge is 0.478 e. The normalized spacial score (nSPS) is 10.3. The number of aromatic nitrogens is 2. The lowest BCUT2D eigenvalue weighted by Gasteiger charge is -2.05. The zero-order valence-electron chi connectivity index (χ0n) is 10.6. The summed E-state index contributed by atoms with van der Waals surface area (Å²) in [4.78, 5) is 22.6. The predicted molar refractivity (Wildman–Crippen MR) is 69.0 cm³/mol. The van der Waals surface area contributed by atoms with Crippen LogP contribution in [0.2, 0.25) is 0 Å². The maximum atomic E-state index is 12.7. The van der Waals surface area contributed by atoms with Crippen molar-refractivity contribution in [1.29, 1.82) is 0 Å². The lowest BCUT2D eigenvalue weighted by Crippen LogP contribution is -2.19. The van der Waals surface area contributed by atoms with Gasteiger partial charge in [0, 0.05) is 11.9 Å². The zero-order chi connectivity index (χ0) is 14.7. The first-order valence-electron chi connectivity index (χ1n) is 5.78. The average Bonchev–Trinajstić information content (AvgIpc) is 2.73. The molecule has 2 N–H and O–H groups in total. The summed E-state index contributed by atoms with van der Waals surface area (Å²) in [7, 11) is 0. The molecule has 0 saturated heterocycles. The number of benzene rings is 1. The number of nitrogens with one attached hydrogen (secondary N) is 1. The van der Waals surface area contributed by atoms with E-state index in [1.165, 1.54) is 35.1 Å². The lowest BCUT2D eigenvalue weighted by atomic mass is 10.3. The second kappa shape index (κ2) is 5.52. The third-order valence-corrected chi connectivity index (χ3v) is 2.61. The molecule has 104 valence electrons. The Morgan fingerprint density at radius 3 is 2.55 bits per heavy atom. The fraction of sp³-hybridized carbons (Fsp3) is 0.154. The second-order valence-electron chi connectivity index (χ2n) is 4.19. The van der Waals surface area contributed by atoms with Gasteiger partial charge in [-0.15, -0.1) is 0 Å². The number of amides is 1. The van der Waals surface area contributed by atoms with Crippen LogP contribution in [0.15, 0.2) is 30.5 Å². The number of aryl methyl sites for hydroxylation is 1. The van der Waals surface area contributed by atoms with Gasteiger partial charge in [-0.2, -0.15) is 5.10 Å². The van der Waals surface area contributed by atoms with Crippen LogP contribution in [-0.4, -0.2) is 26.8 Å². The van der Waals surface area contributed by atoms with Gasteiger partial charge in [0.05, 0.1) is 5.69 Å². The molecule has 0 aliphatic rings. The number of nitrogens with zero attached hydrogens (tertiary/aromatic N) is 2. The van der Waals surface area contributed by atoms with Crippen LogP contribution in [0.5, 0.6) is 0 Å². The van der Waals surface area contributed by atoms with Crippen LogP contribution in [0.25, 0.3) is 0 Å². The van der Waals surface area contributed by atoms with Gasteiger partial charge < -0.3 is 10.4 Å². The van der Waals surface area contributed by atoms with Crippen molar-refractivity contribution >= 4 is 17.6 Å². The highest BCUT2D eigenvalue weighted by Crippen LogP contribution is 2.09. The van der Waals surface area contributed by atoms with E-state index >= 15 is 0 Å². The van der Waals surface area contributed by atoms with E-state index in [0.29, 0.717) is 11.4 Å². The molecule has 0 aliphatic carbocycles. The molecule has 2 aromatic rings. The minimum absolute atomic E-state index is 0.0552. The number of carboxylic acids is 1. The number of hydrogen-bond donors (Lipinski definition) is 2. The Labute approximate surface area is 113 Å². The van der Waals surface area contributed by atoms with Gasteiger partial charge in [-0.3, -0.25) is 9.48 Å². The van der Waals surface area contributed by atoms with Gasteiger partial charge in [0.2, 0.25) is 5.91 Å². The summed E-state index contributed by atoms with van der Waals surface area (Å²) < 4.78 is 14.0. The van der Waals surface area contributed by atoms with E-state index in [9.17, 15) is 14.0 Å². The van der Waals surface area contributed by atoms with E-state index in [4.69, 9.17) is 5.11 Å². The first-order valence-corrected chi connectivity index (χ1v) is 5.78. The third-order valence-electron chi connectivity index (χ3n) is 2.61. The number of hydrogen-bond acceptors (Lipinski definition) is 3. The number of aromatic carboxylic acids is 1. The highest BCUT2D eigenvalue weighted by Gasteiger charge is 2.13. The first-order chi connectivity index (χ1) is 9.45. The van der Waals surface area contributed by atoms with Crippen LogP contribution >= 0.6 is 0 Å². The summed E-state index contributed by atoms with van der Waals surface area (Å²) >= 11 is 0. The molecular weight excluding hydrogens is 265 g/mol. The molecule has 0 saturated carbocycles. The highest BCUT2D eigenvalue weighted by atomic mass is 19.1. The summed E-state index contributed by atoms with van der Waals surface area (Å²) in [6.45, 7) is 1.43. The molecule has 1 aromatic carbocycles. The van der Waals surface area contributed by atoms with Gasteiger partial charge in [0.25, 0.3) is 0 Å². The Morgan fingerprint density at radius 2 is 2.00 bits per heavy atom. The van der Waals surface area contributed by atoms with Gasteiger partial charge >= 0.3 is 5.97 Å². The number of carbonyl (C=O) groups excluding carboxylic acids is 1. The number of rotatable bonds is 4. The molecule has 0 atom stereocenters. The maximum absolute atomic E-state index is 12.7. The molecule has 2 rings (SSSR count). The van der Waals surface area contributed by atoms with Crippen molar-refractivity contribution in [2.45, 2.75) is 13.5 Å². The van der Waals surface area contributed by atoms with E-state index in [-0.39, 0.29) is 18.0 Å². The Morgan fingerprint density at radius 1 is 1.35 bits per heavy atom. The van der Waals surface area contributed by atoms with Gasteiger partial charge in [-0.05, 0) is 31.2 Å². The summed E-state index contributed by atoms with van der Waals surface area (Å²) in [5, 5.41) is 15.4. The molecule has 1 aromatic heterocycles. The van der Waals surface area contributed by atoms with Crippen LogP contribution in [0.3, 0.4) is 0 Å². The summed E-state index contributed by atoms with van der Waals surface area (Å²) in [5.41, 5.74) is 0.852. The molecule has 0 radical (unpaired) electrons. The van der Waals surface area contributed by atoms with Crippen LogP contribution in [0.4, 0.5) is 10.1 Å². The van der Waals surface area contributed by atoms with E-state index in [1.54, 1.807) is 6.92 Å². The van der Waals surface area contributed by atoms with Gasteiger partial charge in [-0.25, -0.2) is 9.18 Å². The van der Waals surface area contributed by atoms with Gasteiger partial charge in [-0.1, -0.05) is 0 Å². The first kappa shape index (κ1) is 13.7. The SMILES string of the molecule is Cc1nn(CC(=O)Nc2ccc(F)cc2)cc1C(=O)O. The van der Waals surface area contributed by atoms with Gasteiger partial charge in [0.1, 0.15) is 17.9 Å². The minimum Gasteiger partial charge on any atom is -0.478 e. The van der Waals surface area contributed by atoms with E-state index < -0.39 is 11.8 Å². The third kappa shape index (κ3) is 3.19. The van der Waals surface area contributed by atoms with Crippen molar-refractivity contribution in [3.63, 3.8) is 0 Å². The Balaban J connectivity index is 2.03. The van der Waals surface area contributed by atoms with Crippen LogP contribution in [-0.2, 0) is 11.3 Å². The number of carboxylic acid groups (broad SMARTS) is 1. The summed E-state index contributed by atoms with van der Waals surface area (Å²) in [6, 6.07) is 5.33. The highest BCUT2D eigenvalue weighted by molar-refractivity contribution is 5.91. The van der Waals surface area contributed by atoms with Crippen molar-refractivity contribution < 1.29 is 19.1 Å². The molecule has 6 nitrogen and oxygen atoms in total. The zero-order valence-corrected chi connectivity index (χ0v) is 10.6. The molecule has 1 heterocycles. The molecule has 0 spiro atoms. The summed E-state index contributed by atoms with van der Waals surface area (Å²) in [5.74, 6) is -1.86. The van der Waals surface area contributed by atoms with Crippen molar-refractivity contribution in [3.8, 4) is 0 Å². The summed E-state index contributed by atoms with van der Waals surface area (Å²) in [6.07, 6.45) is 1.29. The molecule has 20 heavy (non-hydrogen) atoms. The minimum atomic E-state index is -1.09. The monoisotopic (exact) mass is 277 g/mol. The number of anilines is 1. The molecule has 0 bridgehead atoms. The van der Waals surface area contributed by atoms with Crippen LogP contribution < -0.4 is 5.32 Å². The maximum Gasteiger partial charge on any atom is 0.339 e. The van der Waals surface area contributed by atoms with Crippen molar-refractivity contribution in [2.75, 3.05) is 5.32 Å². The van der Waals surface area contributed by atoms with Crippen LogP contribution in [0, 0.1) is 12.7 Å². The number of carbonyl (C=O) groups is 2. The molecular formula is C13H12FN3O3. The lowest BCUT2D eigenvalue weighted by molar-refractivity contribution is -0.116. The van der Waals surface area contributed by atoms with E-state index in [1.807, 2.05) is 0 Å². The molecule has 1 amide bonds. The molecule has 0 fully saturated rings. The van der Waals surface area contributed by atoms with Crippen LogP contribution in [0.1, 0.15) is 16.1 Å². The van der Waals surface area contributed by atoms with Crippen molar-refractivity contribution in [1.82, 2.24) is 9.78 Å². The average molecular weight is 277 g/mol.